The molecule has 0 unspecified atom stereocenters. The van der Waals surface area contributed by atoms with Gasteiger partial charge < -0.3 is 9.64 Å². The van der Waals surface area contributed by atoms with Gasteiger partial charge in [0.1, 0.15) is 11.4 Å². The van der Waals surface area contributed by atoms with E-state index in [0.717, 1.165) is 21.0 Å². The predicted octanol–water partition coefficient (Wildman–Crippen LogP) is 4.26. The summed E-state index contributed by atoms with van der Waals surface area (Å²) >= 11 is 9.00. The Morgan fingerprint density at radius 2 is 2.00 bits per heavy atom. The van der Waals surface area contributed by atoms with Crippen LogP contribution in [0.25, 0.3) is 15.9 Å². The van der Waals surface area contributed by atoms with Gasteiger partial charge >= 0.3 is 6.09 Å². The second-order valence-corrected chi connectivity index (χ2v) is 9.13. The molecule has 0 saturated carbocycles. The maximum absolute atomic E-state index is 13.3. The zero-order chi connectivity index (χ0) is 19.8. The van der Waals surface area contributed by atoms with E-state index in [4.69, 9.17) is 21.3 Å². The van der Waals surface area contributed by atoms with E-state index in [1.165, 1.54) is 23.1 Å². The number of hydrogen-bond acceptors (Lipinski definition) is 6. The van der Waals surface area contributed by atoms with Crippen molar-refractivity contribution in [1.29, 1.82) is 0 Å². The average Bonchev–Trinajstić information content (AvgIpc) is 3.19. The van der Waals surface area contributed by atoms with E-state index in [-0.39, 0.29) is 11.7 Å². The first-order chi connectivity index (χ1) is 13.5. The number of carbonyl (C=O) groups excluding carboxylic acids is 1. The molecule has 3 heterocycles. The molecule has 1 aliphatic heterocycles. The number of thiophene rings is 1. The average molecular weight is 436 g/mol. The van der Waals surface area contributed by atoms with Gasteiger partial charge in [-0.25, -0.2) is 9.78 Å². The summed E-state index contributed by atoms with van der Waals surface area (Å²) in [5.74, 6) is 0.615. The van der Waals surface area contributed by atoms with Crippen molar-refractivity contribution in [3.05, 3.63) is 50.1 Å². The number of halogens is 1. The van der Waals surface area contributed by atoms with Crippen LogP contribution in [0, 0.1) is 13.8 Å². The minimum atomic E-state index is -0.288. The molecule has 1 saturated heterocycles. The zero-order valence-corrected chi connectivity index (χ0v) is 17.8. The van der Waals surface area contributed by atoms with Gasteiger partial charge in [0.05, 0.1) is 17.6 Å². The van der Waals surface area contributed by atoms with Crippen LogP contribution in [0.2, 0.25) is 5.02 Å². The number of ether oxygens (including phenoxy) is 1. The van der Waals surface area contributed by atoms with E-state index in [1.54, 1.807) is 21.6 Å². The van der Waals surface area contributed by atoms with E-state index in [0.29, 0.717) is 41.0 Å². The van der Waals surface area contributed by atoms with Crippen molar-refractivity contribution in [2.45, 2.75) is 19.0 Å². The van der Waals surface area contributed by atoms with Crippen molar-refractivity contribution in [3.8, 4) is 5.69 Å². The summed E-state index contributed by atoms with van der Waals surface area (Å²) in [6.07, 6.45) is -0.288. The molecule has 4 rings (SSSR count). The third kappa shape index (κ3) is 3.52. The highest BCUT2D eigenvalue weighted by Crippen LogP contribution is 2.30. The molecule has 1 fully saturated rings. The van der Waals surface area contributed by atoms with Crippen LogP contribution in [0.5, 0.6) is 0 Å². The molecule has 1 aromatic carbocycles. The van der Waals surface area contributed by atoms with Crippen LogP contribution < -0.4 is 5.56 Å². The number of amides is 1. The minimum absolute atomic E-state index is 0.0859. The van der Waals surface area contributed by atoms with Gasteiger partial charge in [0, 0.05) is 22.2 Å². The number of fused-ring (bicyclic) bond motifs is 1. The van der Waals surface area contributed by atoms with Gasteiger partial charge in [-0.2, -0.15) is 0 Å². The zero-order valence-electron chi connectivity index (χ0n) is 15.4. The molecule has 2 aromatic heterocycles. The first-order valence-electron chi connectivity index (χ1n) is 8.79. The van der Waals surface area contributed by atoms with Gasteiger partial charge in [-0.3, -0.25) is 9.36 Å². The lowest BCUT2D eigenvalue weighted by atomic mass is 10.2. The first-order valence-corrected chi connectivity index (χ1v) is 11.0. The Balaban J connectivity index is 1.74. The van der Waals surface area contributed by atoms with Gasteiger partial charge in [-0.1, -0.05) is 23.4 Å². The summed E-state index contributed by atoms with van der Waals surface area (Å²) in [4.78, 5) is 33.2. The number of hydrogen-bond donors (Lipinski definition) is 0. The summed E-state index contributed by atoms with van der Waals surface area (Å²) in [6.45, 7) is 5.52. The summed E-state index contributed by atoms with van der Waals surface area (Å²) in [6, 6.07) is 7.14. The highest BCUT2D eigenvalue weighted by Gasteiger charge is 2.22. The van der Waals surface area contributed by atoms with Gasteiger partial charge in [0.2, 0.25) is 0 Å². The molecule has 146 valence electrons. The van der Waals surface area contributed by atoms with Crippen LogP contribution in [-0.2, 0) is 4.74 Å². The number of cyclic esters (lactones) is 1. The van der Waals surface area contributed by atoms with Crippen molar-refractivity contribution < 1.29 is 9.53 Å². The molecule has 0 bridgehead atoms. The van der Waals surface area contributed by atoms with E-state index in [9.17, 15) is 9.59 Å². The van der Waals surface area contributed by atoms with Crippen LogP contribution in [0.3, 0.4) is 0 Å². The molecule has 0 radical (unpaired) electrons. The van der Waals surface area contributed by atoms with Crippen molar-refractivity contribution in [2.75, 3.05) is 25.4 Å². The number of carbonyl (C=O) groups is 1. The smallest absolute Gasteiger partial charge is 0.409 e. The van der Waals surface area contributed by atoms with Crippen molar-refractivity contribution in [3.63, 3.8) is 0 Å². The molecule has 1 aliphatic rings. The van der Waals surface area contributed by atoms with Gasteiger partial charge in [0.25, 0.3) is 5.56 Å². The largest absolute Gasteiger partial charge is 0.448 e. The second-order valence-electron chi connectivity index (χ2n) is 6.42. The molecule has 0 N–H and O–H groups in total. The monoisotopic (exact) mass is 435 g/mol. The Labute approximate surface area is 175 Å². The molecule has 9 heteroatoms. The molecule has 3 aromatic rings. The first kappa shape index (κ1) is 19.3. The molecule has 1 amide bonds. The Morgan fingerprint density at radius 1 is 1.25 bits per heavy atom. The maximum atomic E-state index is 13.3. The van der Waals surface area contributed by atoms with Crippen LogP contribution in [-0.4, -0.2) is 46.0 Å². The van der Waals surface area contributed by atoms with Crippen molar-refractivity contribution in [1.82, 2.24) is 14.5 Å². The van der Waals surface area contributed by atoms with Gasteiger partial charge in [-0.05, 0) is 43.7 Å². The van der Waals surface area contributed by atoms with Crippen molar-refractivity contribution in [2.24, 2.45) is 0 Å². The molecular formula is C19H18ClN3O3S2. The topological polar surface area (TPSA) is 64.4 Å². The number of benzene rings is 1. The van der Waals surface area contributed by atoms with E-state index >= 15 is 0 Å². The fraction of sp³-hybridized carbons (Fsp3) is 0.316. The number of rotatable bonds is 5. The highest BCUT2D eigenvalue weighted by atomic mass is 35.5. The lowest BCUT2D eigenvalue weighted by Gasteiger charge is -2.14. The summed E-state index contributed by atoms with van der Waals surface area (Å²) in [5, 5.41) is 1.87. The summed E-state index contributed by atoms with van der Waals surface area (Å²) in [5.41, 5.74) is 1.60. The van der Waals surface area contributed by atoms with Crippen LogP contribution in [0.1, 0.15) is 10.4 Å². The predicted molar refractivity (Wildman–Crippen MR) is 113 cm³/mol. The lowest BCUT2D eigenvalue weighted by Crippen LogP contribution is -2.27. The van der Waals surface area contributed by atoms with Crippen LogP contribution >= 0.6 is 34.7 Å². The highest BCUT2D eigenvalue weighted by molar-refractivity contribution is 7.99. The van der Waals surface area contributed by atoms with E-state index in [2.05, 4.69) is 0 Å². The number of nitrogens with zero attached hydrogens (tertiary/aromatic N) is 3. The fourth-order valence-electron chi connectivity index (χ4n) is 3.07. The maximum Gasteiger partial charge on any atom is 0.409 e. The second kappa shape index (κ2) is 7.77. The van der Waals surface area contributed by atoms with E-state index in [1.807, 2.05) is 26.0 Å². The van der Waals surface area contributed by atoms with E-state index < -0.39 is 0 Å². The Bertz CT molecular complexity index is 1110. The van der Waals surface area contributed by atoms with Crippen LogP contribution in [0.15, 0.2) is 34.2 Å². The van der Waals surface area contributed by atoms with Crippen molar-refractivity contribution >= 4 is 51.0 Å². The van der Waals surface area contributed by atoms with Crippen LogP contribution in [0.4, 0.5) is 4.79 Å². The third-order valence-corrected chi connectivity index (χ3v) is 6.97. The third-order valence-electron chi connectivity index (χ3n) is 4.69. The molecule has 0 spiro atoms. The number of aryl methyl sites for hydroxylation is 2. The molecule has 28 heavy (non-hydrogen) atoms. The molecule has 0 aliphatic carbocycles. The standard InChI is InChI=1S/C19H18ClN3O3S2/c1-11-12(2)28-16-15(11)17(24)23(14-5-3-13(20)4-6-14)18(21-16)27-10-8-22-7-9-26-19(22)25/h3-6H,7-10H2,1-2H3. The lowest BCUT2D eigenvalue weighted by molar-refractivity contribution is 0.160. The van der Waals surface area contributed by atoms with Gasteiger partial charge in [0.15, 0.2) is 5.16 Å². The fourth-order valence-corrected chi connectivity index (χ4v) is 5.24. The van der Waals surface area contributed by atoms with Gasteiger partial charge in [-0.15, -0.1) is 11.3 Å². The summed E-state index contributed by atoms with van der Waals surface area (Å²) in [7, 11) is 0. The number of aromatic nitrogens is 2. The normalized spacial score (nSPS) is 14.1. The summed E-state index contributed by atoms with van der Waals surface area (Å²) < 4.78 is 6.59. The minimum Gasteiger partial charge on any atom is -0.448 e. The molecule has 0 atom stereocenters. The number of thioether (sulfide) groups is 1. The molecule has 6 nitrogen and oxygen atoms in total. The SMILES string of the molecule is Cc1sc2nc(SCCN3CCOC3=O)n(-c3ccc(Cl)cc3)c(=O)c2c1C. The molecular weight excluding hydrogens is 418 g/mol. The Hall–Kier alpha value is -2.03. The Morgan fingerprint density at radius 3 is 2.68 bits per heavy atom. The quantitative estimate of drug-likeness (QED) is 0.442. The Kier molecular flexibility index (Phi) is 5.35.